The second kappa shape index (κ2) is 9.23. The van der Waals surface area contributed by atoms with Crippen LogP contribution < -0.4 is 9.47 Å². The average molecular weight is 395 g/mol. The molecule has 0 aliphatic rings. The van der Waals surface area contributed by atoms with Crippen LogP contribution >= 0.6 is 0 Å². The third-order valence-electron chi connectivity index (χ3n) is 4.45. The second-order valence-electron chi connectivity index (χ2n) is 6.93. The zero-order valence-corrected chi connectivity index (χ0v) is 17.1. The molecule has 0 saturated carbocycles. The van der Waals surface area contributed by atoms with E-state index in [0.29, 0.717) is 23.2 Å². The van der Waals surface area contributed by atoms with Crippen molar-refractivity contribution >= 4 is 5.91 Å². The summed E-state index contributed by atoms with van der Waals surface area (Å²) in [5, 5.41) is 4.03. The number of benzene rings is 2. The third kappa shape index (κ3) is 5.13. The summed E-state index contributed by atoms with van der Waals surface area (Å²) in [6.07, 6.45) is 0. The topological polar surface area (TPSA) is 77.7 Å². The molecule has 7 heteroatoms. The number of aryl methyl sites for hydroxylation is 1. The molecule has 2 aromatic carbocycles. The second-order valence-corrected chi connectivity index (χ2v) is 6.93. The molecular formula is C22H25N3O4. The Bertz CT molecular complexity index is 951. The number of carbonyl (C=O) groups excluding carboxylic acids is 1. The largest absolute Gasteiger partial charge is 0.493 e. The molecular weight excluding hydrogens is 370 g/mol. The number of nitrogens with zero attached hydrogens (tertiary/aromatic N) is 3. The van der Waals surface area contributed by atoms with Crippen molar-refractivity contribution in [2.24, 2.45) is 0 Å². The van der Waals surface area contributed by atoms with E-state index in [2.05, 4.69) is 10.1 Å². The lowest BCUT2D eigenvalue weighted by Crippen LogP contribution is -2.39. The molecule has 0 fully saturated rings. The molecule has 3 rings (SSSR count). The highest BCUT2D eigenvalue weighted by Crippen LogP contribution is 2.26. The van der Waals surface area contributed by atoms with E-state index >= 15 is 0 Å². The number of para-hydroxylation sites is 2. The highest BCUT2D eigenvalue weighted by molar-refractivity contribution is 5.78. The van der Waals surface area contributed by atoms with Crippen LogP contribution in [-0.2, 0) is 11.3 Å². The lowest BCUT2D eigenvalue weighted by molar-refractivity contribution is -0.136. The zero-order chi connectivity index (χ0) is 20.8. The van der Waals surface area contributed by atoms with Gasteiger partial charge in [-0.15, -0.1) is 0 Å². The van der Waals surface area contributed by atoms with E-state index in [-0.39, 0.29) is 25.1 Å². The molecule has 29 heavy (non-hydrogen) atoms. The van der Waals surface area contributed by atoms with Gasteiger partial charge in [0.25, 0.3) is 5.91 Å². The molecule has 0 aliphatic heterocycles. The Hall–Kier alpha value is -3.35. The smallest absolute Gasteiger partial charge is 0.261 e. The summed E-state index contributed by atoms with van der Waals surface area (Å²) in [6.45, 7) is 5.98. The van der Waals surface area contributed by atoms with Crippen molar-refractivity contribution in [2.75, 3.05) is 13.7 Å². The minimum atomic E-state index is -0.180. The minimum absolute atomic E-state index is 0.0570. The predicted molar refractivity (Wildman–Crippen MR) is 109 cm³/mol. The Balaban J connectivity index is 1.67. The van der Waals surface area contributed by atoms with Crippen LogP contribution in [0.25, 0.3) is 11.4 Å². The standard InChI is InChI=1S/C22H25N3O4/c1-15(2)25(21(26)14-28-19-8-6-5-7-18(19)27-4)13-20-23-22(24-29-20)17-11-9-16(3)10-12-17/h5-12,15H,13-14H2,1-4H3. The van der Waals surface area contributed by atoms with Gasteiger partial charge in [-0.2, -0.15) is 4.98 Å². The van der Waals surface area contributed by atoms with E-state index in [4.69, 9.17) is 14.0 Å². The summed E-state index contributed by atoms with van der Waals surface area (Å²) in [7, 11) is 1.56. The molecule has 3 aromatic rings. The number of carbonyl (C=O) groups is 1. The molecule has 1 amide bonds. The first-order valence-electron chi connectivity index (χ1n) is 9.43. The summed E-state index contributed by atoms with van der Waals surface area (Å²) in [6, 6.07) is 15.0. The Morgan fingerprint density at radius 1 is 1.10 bits per heavy atom. The molecule has 0 N–H and O–H groups in total. The van der Waals surface area contributed by atoms with Crippen LogP contribution in [0.5, 0.6) is 11.5 Å². The van der Waals surface area contributed by atoms with Crippen molar-refractivity contribution in [3.8, 4) is 22.9 Å². The number of methoxy groups -OCH3 is 1. The fourth-order valence-electron chi connectivity index (χ4n) is 2.80. The molecule has 0 atom stereocenters. The van der Waals surface area contributed by atoms with Crippen LogP contribution in [0.15, 0.2) is 53.1 Å². The summed E-state index contributed by atoms with van der Waals surface area (Å²) in [4.78, 5) is 18.8. The molecule has 0 unspecified atom stereocenters. The first kappa shape index (κ1) is 20.4. The van der Waals surface area contributed by atoms with Gasteiger partial charge in [0, 0.05) is 11.6 Å². The van der Waals surface area contributed by atoms with Gasteiger partial charge < -0.3 is 18.9 Å². The number of amides is 1. The first-order valence-corrected chi connectivity index (χ1v) is 9.43. The van der Waals surface area contributed by atoms with Gasteiger partial charge in [-0.3, -0.25) is 4.79 Å². The maximum absolute atomic E-state index is 12.7. The van der Waals surface area contributed by atoms with E-state index in [9.17, 15) is 4.79 Å². The Labute approximate surface area is 170 Å². The van der Waals surface area contributed by atoms with Crippen LogP contribution in [0.4, 0.5) is 0 Å². The van der Waals surface area contributed by atoms with Gasteiger partial charge in [-0.05, 0) is 32.9 Å². The first-order chi connectivity index (χ1) is 14.0. The van der Waals surface area contributed by atoms with E-state index in [1.807, 2.05) is 57.2 Å². The normalized spacial score (nSPS) is 10.8. The van der Waals surface area contributed by atoms with E-state index < -0.39 is 0 Å². The summed E-state index contributed by atoms with van der Waals surface area (Å²) in [5.74, 6) is 1.80. The van der Waals surface area contributed by atoms with Gasteiger partial charge >= 0.3 is 0 Å². The average Bonchev–Trinajstić information content (AvgIpc) is 3.19. The van der Waals surface area contributed by atoms with Gasteiger partial charge in [0.05, 0.1) is 7.11 Å². The monoisotopic (exact) mass is 395 g/mol. The number of hydrogen-bond donors (Lipinski definition) is 0. The van der Waals surface area contributed by atoms with Crippen LogP contribution in [0.2, 0.25) is 0 Å². The van der Waals surface area contributed by atoms with Gasteiger partial charge in [-0.25, -0.2) is 0 Å². The molecule has 0 aliphatic carbocycles. The molecule has 152 valence electrons. The minimum Gasteiger partial charge on any atom is -0.493 e. The lowest BCUT2D eigenvalue weighted by atomic mass is 10.1. The van der Waals surface area contributed by atoms with Gasteiger partial charge in [0.1, 0.15) is 6.54 Å². The fourth-order valence-corrected chi connectivity index (χ4v) is 2.80. The summed E-state index contributed by atoms with van der Waals surface area (Å²) in [5.41, 5.74) is 2.02. The van der Waals surface area contributed by atoms with Crippen LogP contribution in [0, 0.1) is 6.92 Å². The summed E-state index contributed by atoms with van der Waals surface area (Å²) >= 11 is 0. The molecule has 0 radical (unpaired) electrons. The van der Waals surface area contributed by atoms with Gasteiger partial charge in [0.2, 0.25) is 11.7 Å². The number of ether oxygens (including phenoxy) is 2. The maximum atomic E-state index is 12.7. The van der Waals surface area contributed by atoms with Crippen LogP contribution in [-0.4, -0.2) is 40.7 Å². The fraction of sp³-hybridized carbons (Fsp3) is 0.318. The number of rotatable bonds is 8. The molecule has 1 heterocycles. The summed E-state index contributed by atoms with van der Waals surface area (Å²) < 4.78 is 16.3. The maximum Gasteiger partial charge on any atom is 0.261 e. The van der Waals surface area contributed by atoms with Gasteiger partial charge in [-0.1, -0.05) is 47.1 Å². The SMILES string of the molecule is COc1ccccc1OCC(=O)N(Cc1nc(-c2ccc(C)cc2)no1)C(C)C. The molecule has 0 bridgehead atoms. The van der Waals surface area contributed by atoms with Crippen molar-refractivity contribution in [3.05, 3.63) is 60.0 Å². The number of hydrogen-bond acceptors (Lipinski definition) is 6. The van der Waals surface area contributed by atoms with E-state index in [0.717, 1.165) is 11.1 Å². The van der Waals surface area contributed by atoms with E-state index in [1.165, 1.54) is 0 Å². The van der Waals surface area contributed by atoms with Crippen molar-refractivity contribution in [3.63, 3.8) is 0 Å². The highest BCUT2D eigenvalue weighted by atomic mass is 16.5. The molecule has 0 saturated heterocycles. The van der Waals surface area contributed by atoms with Gasteiger partial charge in [0.15, 0.2) is 18.1 Å². The quantitative estimate of drug-likeness (QED) is 0.576. The van der Waals surface area contributed by atoms with Crippen LogP contribution in [0.1, 0.15) is 25.3 Å². The van der Waals surface area contributed by atoms with E-state index in [1.54, 1.807) is 24.1 Å². The van der Waals surface area contributed by atoms with Crippen molar-refractivity contribution in [2.45, 2.75) is 33.4 Å². The Morgan fingerprint density at radius 3 is 2.45 bits per heavy atom. The molecule has 1 aromatic heterocycles. The molecule has 0 spiro atoms. The number of aromatic nitrogens is 2. The van der Waals surface area contributed by atoms with Crippen LogP contribution in [0.3, 0.4) is 0 Å². The van der Waals surface area contributed by atoms with Crippen molar-refractivity contribution in [1.82, 2.24) is 15.0 Å². The lowest BCUT2D eigenvalue weighted by Gasteiger charge is -2.25. The zero-order valence-electron chi connectivity index (χ0n) is 17.1. The van der Waals surface area contributed by atoms with Crippen molar-refractivity contribution < 1.29 is 18.8 Å². The predicted octanol–water partition coefficient (Wildman–Crippen LogP) is 3.87. The molecule has 7 nitrogen and oxygen atoms in total. The van der Waals surface area contributed by atoms with Crippen molar-refractivity contribution in [1.29, 1.82) is 0 Å². The highest BCUT2D eigenvalue weighted by Gasteiger charge is 2.21. The third-order valence-corrected chi connectivity index (χ3v) is 4.45. The Morgan fingerprint density at radius 2 is 1.79 bits per heavy atom. The Kier molecular flexibility index (Phi) is 6.49.